The molecule has 3 heteroatoms. The smallest absolute Gasteiger partial charge is 0.234 e. The standard InChI is InChI=1S/C17H32N2O/c1-12-8-6-10-16(14(12)3)19-17(20)11-18-15-9-5-4-7-13(15)2/h12-16,18H,4-11H2,1-3H3,(H,19,20). The summed E-state index contributed by atoms with van der Waals surface area (Å²) in [4.78, 5) is 12.1. The third-order valence-corrected chi connectivity index (χ3v) is 5.69. The molecule has 5 atom stereocenters. The number of carbonyl (C=O) groups is 1. The van der Waals surface area contributed by atoms with Crippen molar-refractivity contribution in [3.63, 3.8) is 0 Å². The molecule has 0 radical (unpaired) electrons. The number of carbonyl (C=O) groups excluding carboxylic acids is 1. The topological polar surface area (TPSA) is 41.1 Å². The van der Waals surface area contributed by atoms with E-state index in [2.05, 4.69) is 31.4 Å². The third kappa shape index (κ3) is 4.21. The molecule has 2 aliphatic carbocycles. The molecular formula is C17H32N2O. The molecule has 0 bridgehead atoms. The van der Waals surface area contributed by atoms with Crippen molar-refractivity contribution in [1.82, 2.24) is 10.6 Å². The zero-order valence-corrected chi connectivity index (χ0v) is 13.5. The Kier molecular flexibility index (Phi) is 5.88. The lowest BCUT2D eigenvalue weighted by atomic mass is 9.78. The average Bonchev–Trinajstić information content (AvgIpc) is 2.43. The van der Waals surface area contributed by atoms with Crippen LogP contribution in [0.1, 0.15) is 65.7 Å². The summed E-state index contributed by atoms with van der Waals surface area (Å²) < 4.78 is 0. The fourth-order valence-electron chi connectivity index (χ4n) is 3.89. The molecule has 2 rings (SSSR count). The van der Waals surface area contributed by atoms with Gasteiger partial charge in [-0.05, 0) is 37.0 Å². The van der Waals surface area contributed by atoms with Crippen LogP contribution in [-0.4, -0.2) is 24.5 Å². The van der Waals surface area contributed by atoms with Crippen molar-refractivity contribution in [2.24, 2.45) is 17.8 Å². The first-order valence-corrected chi connectivity index (χ1v) is 8.60. The summed E-state index contributed by atoms with van der Waals surface area (Å²) in [6.45, 7) is 7.39. The number of rotatable bonds is 4. The minimum absolute atomic E-state index is 0.189. The van der Waals surface area contributed by atoms with E-state index in [1.165, 1.54) is 38.5 Å². The van der Waals surface area contributed by atoms with E-state index in [-0.39, 0.29) is 5.91 Å². The Hall–Kier alpha value is -0.570. The minimum atomic E-state index is 0.189. The second-order valence-corrected chi connectivity index (χ2v) is 7.19. The first kappa shape index (κ1) is 15.8. The fourth-order valence-corrected chi connectivity index (χ4v) is 3.89. The van der Waals surface area contributed by atoms with E-state index in [4.69, 9.17) is 0 Å². The molecule has 0 heterocycles. The van der Waals surface area contributed by atoms with Crippen LogP contribution in [0.15, 0.2) is 0 Å². The number of hydrogen-bond acceptors (Lipinski definition) is 2. The van der Waals surface area contributed by atoms with Crippen LogP contribution in [0.2, 0.25) is 0 Å². The number of amides is 1. The Morgan fingerprint density at radius 2 is 1.55 bits per heavy atom. The molecule has 2 N–H and O–H groups in total. The average molecular weight is 280 g/mol. The van der Waals surface area contributed by atoms with Crippen LogP contribution in [0, 0.1) is 17.8 Å². The quantitative estimate of drug-likeness (QED) is 0.831. The van der Waals surface area contributed by atoms with Gasteiger partial charge in [-0.15, -0.1) is 0 Å². The van der Waals surface area contributed by atoms with Crippen LogP contribution in [-0.2, 0) is 4.79 Å². The summed E-state index contributed by atoms with van der Waals surface area (Å²) in [5.41, 5.74) is 0. The van der Waals surface area contributed by atoms with E-state index in [0.717, 1.165) is 12.3 Å². The van der Waals surface area contributed by atoms with Gasteiger partial charge < -0.3 is 10.6 Å². The van der Waals surface area contributed by atoms with Crippen molar-refractivity contribution in [1.29, 1.82) is 0 Å². The first-order chi connectivity index (χ1) is 9.58. The molecule has 0 aliphatic heterocycles. The zero-order valence-electron chi connectivity index (χ0n) is 13.5. The van der Waals surface area contributed by atoms with E-state index in [0.29, 0.717) is 30.5 Å². The van der Waals surface area contributed by atoms with Gasteiger partial charge in [0.05, 0.1) is 6.54 Å². The molecule has 0 aromatic rings. The molecule has 20 heavy (non-hydrogen) atoms. The zero-order chi connectivity index (χ0) is 14.5. The van der Waals surface area contributed by atoms with Gasteiger partial charge in [0.1, 0.15) is 0 Å². The third-order valence-electron chi connectivity index (χ3n) is 5.69. The Bertz CT molecular complexity index is 318. The first-order valence-electron chi connectivity index (χ1n) is 8.60. The maximum atomic E-state index is 12.1. The molecule has 2 aliphatic rings. The van der Waals surface area contributed by atoms with Gasteiger partial charge in [-0.1, -0.05) is 46.5 Å². The number of hydrogen-bond donors (Lipinski definition) is 2. The highest BCUT2D eigenvalue weighted by Crippen LogP contribution is 2.29. The van der Waals surface area contributed by atoms with Crippen LogP contribution in [0.5, 0.6) is 0 Å². The van der Waals surface area contributed by atoms with Crippen molar-refractivity contribution in [2.75, 3.05) is 6.54 Å². The van der Waals surface area contributed by atoms with Gasteiger partial charge in [-0.25, -0.2) is 0 Å². The van der Waals surface area contributed by atoms with E-state index in [9.17, 15) is 4.79 Å². The van der Waals surface area contributed by atoms with Crippen LogP contribution in [0.25, 0.3) is 0 Å². The molecule has 0 aromatic heterocycles. The largest absolute Gasteiger partial charge is 0.352 e. The summed E-state index contributed by atoms with van der Waals surface area (Å²) in [7, 11) is 0. The van der Waals surface area contributed by atoms with Crippen LogP contribution in [0.4, 0.5) is 0 Å². The second kappa shape index (κ2) is 7.44. The number of nitrogens with one attached hydrogen (secondary N) is 2. The van der Waals surface area contributed by atoms with Crippen LogP contribution in [0.3, 0.4) is 0 Å². The molecule has 1 amide bonds. The molecule has 0 saturated heterocycles. The van der Waals surface area contributed by atoms with E-state index >= 15 is 0 Å². The maximum Gasteiger partial charge on any atom is 0.234 e. The van der Waals surface area contributed by atoms with Gasteiger partial charge >= 0.3 is 0 Å². The summed E-state index contributed by atoms with van der Waals surface area (Å²) >= 11 is 0. The highest BCUT2D eigenvalue weighted by Gasteiger charge is 2.28. The molecular weight excluding hydrogens is 248 g/mol. The summed E-state index contributed by atoms with van der Waals surface area (Å²) in [6.07, 6.45) is 8.90. The van der Waals surface area contributed by atoms with E-state index in [1.807, 2.05) is 0 Å². The fraction of sp³-hybridized carbons (Fsp3) is 0.941. The van der Waals surface area contributed by atoms with Crippen molar-refractivity contribution >= 4 is 5.91 Å². The maximum absolute atomic E-state index is 12.1. The molecule has 5 unspecified atom stereocenters. The van der Waals surface area contributed by atoms with Gasteiger partial charge in [0.25, 0.3) is 0 Å². The molecule has 2 fully saturated rings. The van der Waals surface area contributed by atoms with Crippen LogP contribution >= 0.6 is 0 Å². The highest BCUT2D eigenvalue weighted by atomic mass is 16.2. The molecule has 0 spiro atoms. The van der Waals surface area contributed by atoms with Gasteiger partial charge in [-0.2, -0.15) is 0 Å². The molecule has 2 saturated carbocycles. The Morgan fingerprint density at radius 3 is 2.30 bits per heavy atom. The lowest BCUT2D eigenvalue weighted by Crippen LogP contribution is -2.49. The predicted octanol–water partition coefficient (Wildman–Crippen LogP) is 3.10. The van der Waals surface area contributed by atoms with Crippen LogP contribution < -0.4 is 10.6 Å². The minimum Gasteiger partial charge on any atom is -0.352 e. The second-order valence-electron chi connectivity index (χ2n) is 7.19. The van der Waals surface area contributed by atoms with Crippen molar-refractivity contribution in [3.8, 4) is 0 Å². The highest BCUT2D eigenvalue weighted by molar-refractivity contribution is 5.78. The summed E-state index contributed by atoms with van der Waals surface area (Å²) in [6, 6.07) is 0.925. The monoisotopic (exact) mass is 280 g/mol. The van der Waals surface area contributed by atoms with Crippen molar-refractivity contribution < 1.29 is 4.79 Å². The Labute approximate surface area is 124 Å². The molecule has 3 nitrogen and oxygen atoms in total. The summed E-state index contributed by atoms with van der Waals surface area (Å²) in [5, 5.41) is 6.73. The van der Waals surface area contributed by atoms with Gasteiger partial charge in [0.15, 0.2) is 0 Å². The SMILES string of the molecule is CC1CCCCC1NCC(=O)NC1CCCC(C)C1C. The normalized spacial score (nSPS) is 38.5. The van der Waals surface area contributed by atoms with Crippen molar-refractivity contribution in [2.45, 2.75) is 77.8 Å². The summed E-state index contributed by atoms with van der Waals surface area (Å²) in [5.74, 6) is 2.25. The Balaban J connectivity index is 1.72. The van der Waals surface area contributed by atoms with E-state index < -0.39 is 0 Å². The lowest BCUT2D eigenvalue weighted by molar-refractivity contribution is -0.121. The molecule has 116 valence electrons. The van der Waals surface area contributed by atoms with Gasteiger partial charge in [0, 0.05) is 12.1 Å². The Morgan fingerprint density at radius 1 is 0.900 bits per heavy atom. The van der Waals surface area contributed by atoms with Crippen molar-refractivity contribution in [3.05, 3.63) is 0 Å². The predicted molar refractivity (Wildman–Crippen MR) is 83.5 cm³/mol. The van der Waals surface area contributed by atoms with Gasteiger partial charge in [-0.3, -0.25) is 4.79 Å². The lowest BCUT2D eigenvalue weighted by Gasteiger charge is -2.35. The molecule has 0 aromatic carbocycles. The van der Waals surface area contributed by atoms with Gasteiger partial charge in [0.2, 0.25) is 5.91 Å². The van der Waals surface area contributed by atoms with E-state index in [1.54, 1.807) is 0 Å².